The molecule has 0 aliphatic heterocycles. The van der Waals surface area contributed by atoms with Crippen molar-refractivity contribution < 1.29 is 9.32 Å². The van der Waals surface area contributed by atoms with Gasteiger partial charge in [0.05, 0.1) is 12.1 Å². The SMILES string of the molecule is Cc1cc(C(=O)NCc2ccc(CN)cc2)c(C)n1Cc1cc(-c2ccccc2)no1. The summed E-state index contributed by atoms with van der Waals surface area (Å²) in [5.74, 6) is 0.650. The zero-order chi connectivity index (χ0) is 21.8. The number of carbonyl (C=O) groups excluding carboxylic acids is 1. The van der Waals surface area contributed by atoms with E-state index in [4.69, 9.17) is 10.3 Å². The number of benzene rings is 2. The Morgan fingerprint density at radius 2 is 1.74 bits per heavy atom. The second-order valence-corrected chi connectivity index (χ2v) is 7.62. The van der Waals surface area contributed by atoms with Crippen molar-refractivity contribution in [2.24, 2.45) is 5.73 Å². The fourth-order valence-corrected chi connectivity index (χ4v) is 3.63. The molecule has 2 heterocycles. The van der Waals surface area contributed by atoms with Crippen LogP contribution in [0.25, 0.3) is 11.3 Å². The van der Waals surface area contributed by atoms with E-state index in [1.54, 1.807) is 0 Å². The number of nitrogens with one attached hydrogen (secondary N) is 1. The molecule has 6 nitrogen and oxygen atoms in total. The van der Waals surface area contributed by atoms with Gasteiger partial charge in [0, 0.05) is 36.1 Å². The van der Waals surface area contributed by atoms with Crippen LogP contribution in [-0.2, 0) is 19.6 Å². The van der Waals surface area contributed by atoms with E-state index >= 15 is 0 Å². The molecule has 1 amide bonds. The van der Waals surface area contributed by atoms with Gasteiger partial charge in [-0.1, -0.05) is 59.8 Å². The summed E-state index contributed by atoms with van der Waals surface area (Å²) in [5, 5.41) is 7.19. The minimum Gasteiger partial charge on any atom is -0.359 e. The van der Waals surface area contributed by atoms with Gasteiger partial charge in [-0.05, 0) is 31.0 Å². The zero-order valence-corrected chi connectivity index (χ0v) is 17.8. The van der Waals surface area contributed by atoms with Crippen LogP contribution in [0.2, 0.25) is 0 Å². The largest absolute Gasteiger partial charge is 0.359 e. The van der Waals surface area contributed by atoms with Crippen LogP contribution in [0.1, 0.15) is 38.6 Å². The third kappa shape index (κ3) is 4.59. The van der Waals surface area contributed by atoms with E-state index in [-0.39, 0.29) is 5.91 Å². The lowest BCUT2D eigenvalue weighted by atomic mass is 10.1. The molecule has 31 heavy (non-hydrogen) atoms. The van der Waals surface area contributed by atoms with Gasteiger partial charge in [0.25, 0.3) is 5.91 Å². The fraction of sp³-hybridized carbons (Fsp3) is 0.200. The monoisotopic (exact) mass is 414 g/mol. The Kier molecular flexibility index (Phi) is 6.00. The third-order valence-corrected chi connectivity index (χ3v) is 5.47. The average Bonchev–Trinajstić information content (AvgIpc) is 3.39. The maximum Gasteiger partial charge on any atom is 0.253 e. The molecule has 158 valence electrons. The molecule has 2 aromatic carbocycles. The van der Waals surface area contributed by atoms with E-state index in [0.717, 1.165) is 39.5 Å². The van der Waals surface area contributed by atoms with E-state index in [0.29, 0.717) is 25.2 Å². The average molecular weight is 415 g/mol. The van der Waals surface area contributed by atoms with E-state index in [2.05, 4.69) is 15.0 Å². The Morgan fingerprint density at radius 3 is 2.45 bits per heavy atom. The predicted molar refractivity (Wildman–Crippen MR) is 120 cm³/mol. The fourth-order valence-electron chi connectivity index (χ4n) is 3.63. The van der Waals surface area contributed by atoms with Crippen molar-refractivity contribution in [3.8, 4) is 11.3 Å². The van der Waals surface area contributed by atoms with Crippen molar-refractivity contribution in [2.75, 3.05) is 0 Å². The van der Waals surface area contributed by atoms with Crippen molar-refractivity contribution in [3.63, 3.8) is 0 Å². The molecule has 0 spiro atoms. The van der Waals surface area contributed by atoms with Crippen LogP contribution in [0.4, 0.5) is 0 Å². The summed E-state index contributed by atoms with van der Waals surface area (Å²) >= 11 is 0. The summed E-state index contributed by atoms with van der Waals surface area (Å²) < 4.78 is 7.62. The van der Waals surface area contributed by atoms with Gasteiger partial charge in [-0.3, -0.25) is 4.79 Å². The van der Waals surface area contributed by atoms with Gasteiger partial charge in [-0.25, -0.2) is 0 Å². The summed E-state index contributed by atoms with van der Waals surface area (Å²) in [5.41, 5.74) is 12.1. The maximum absolute atomic E-state index is 12.8. The van der Waals surface area contributed by atoms with Crippen molar-refractivity contribution >= 4 is 5.91 Å². The minimum atomic E-state index is -0.0928. The van der Waals surface area contributed by atoms with Crippen LogP contribution in [0.3, 0.4) is 0 Å². The molecule has 0 fully saturated rings. The van der Waals surface area contributed by atoms with Crippen molar-refractivity contribution in [3.05, 3.63) is 101 Å². The second-order valence-electron chi connectivity index (χ2n) is 7.62. The lowest BCUT2D eigenvalue weighted by Gasteiger charge is -2.08. The van der Waals surface area contributed by atoms with Crippen LogP contribution in [0, 0.1) is 13.8 Å². The van der Waals surface area contributed by atoms with Crippen LogP contribution in [0.15, 0.2) is 71.3 Å². The van der Waals surface area contributed by atoms with Crippen molar-refractivity contribution in [2.45, 2.75) is 33.5 Å². The highest BCUT2D eigenvalue weighted by Gasteiger charge is 2.17. The third-order valence-electron chi connectivity index (χ3n) is 5.47. The highest BCUT2D eigenvalue weighted by Crippen LogP contribution is 2.22. The number of hydrogen-bond acceptors (Lipinski definition) is 4. The lowest BCUT2D eigenvalue weighted by Crippen LogP contribution is -2.23. The topological polar surface area (TPSA) is 86.1 Å². The molecule has 4 aromatic rings. The molecule has 0 aliphatic rings. The van der Waals surface area contributed by atoms with Gasteiger partial charge in [0.2, 0.25) is 0 Å². The number of nitrogens with zero attached hydrogens (tertiary/aromatic N) is 2. The Labute approximate surface area is 181 Å². The lowest BCUT2D eigenvalue weighted by molar-refractivity contribution is 0.0950. The summed E-state index contributed by atoms with van der Waals surface area (Å²) in [7, 11) is 0. The smallest absolute Gasteiger partial charge is 0.253 e. The Morgan fingerprint density at radius 1 is 1.03 bits per heavy atom. The van der Waals surface area contributed by atoms with Gasteiger partial charge < -0.3 is 20.1 Å². The van der Waals surface area contributed by atoms with Gasteiger partial charge in [-0.15, -0.1) is 0 Å². The van der Waals surface area contributed by atoms with E-state index < -0.39 is 0 Å². The predicted octanol–water partition coefficient (Wildman–Crippen LogP) is 4.20. The Hall–Kier alpha value is -3.64. The number of hydrogen-bond donors (Lipinski definition) is 2. The molecule has 3 N–H and O–H groups in total. The summed E-state index contributed by atoms with van der Waals surface area (Å²) in [6, 6.07) is 21.7. The molecule has 0 unspecified atom stereocenters. The molecular formula is C25H26N4O2. The van der Waals surface area contributed by atoms with E-state index in [1.807, 2.05) is 80.6 Å². The number of amides is 1. The number of aromatic nitrogens is 2. The standard InChI is InChI=1S/C25H26N4O2/c1-17-12-23(25(30)27-15-20-10-8-19(14-26)9-11-20)18(2)29(17)16-22-13-24(28-31-22)21-6-4-3-5-7-21/h3-13H,14-16,26H2,1-2H3,(H,27,30). The summed E-state index contributed by atoms with van der Waals surface area (Å²) in [6.45, 7) is 5.44. The number of aryl methyl sites for hydroxylation is 1. The first-order chi connectivity index (χ1) is 15.0. The molecule has 6 heteroatoms. The molecule has 0 saturated carbocycles. The highest BCUT2D eigenvalue weighted by molar-refractivity contribution is 5.95. The quantitative estimate of drug-likeness (QED) is 0.475. The minimum absolute atomic E-state index is 0.0928. The normalized spacial score (nSPS) is 10.9. The van der Waals surface area contributed by atoms with Crippen LogP contribution < -0.4 is 11.1 Å². The molecule has 0 bridgehead atoms. The van der Waals surface area contributed by atoms with Crippen molar-refractivity contribution in [1.82, 2.24) is 15.0 Å². The molecule has 2 aromatic heterocycles. The van der Waals surface area contributed by atoms with Crippen LogP contribution in [-0.4, -0.2) is 15.6 Å². The van der Waals surface area contributed by atoms with E-state index in [9.17, 15) is 4.79 Å². The number of rotatable bonds is 7. The molecule has 0 saturated heterocycles. The molecule has 0 aliphatic carbocycles. The number of nitrogens with two attached hydrogens (primary N) is 1. The van der Waals surface area contributed by atoms with Crippen LogP contribution >= 0.6 is 0 Å². The molecule has 4 rings (SSSR count). The Bertz CT molecular complexity index is 1170. The molecular weight excluding hydrogens is 388 g/mol. The molecule has 0 radical (unpaired) electrons. The first-order valence-corrected chi connectivity index (χ1v) is 10.3. The molecule has 0 atom stereocenters. The second kappa shape index (κ2) is 9.02. The first-order valence-electron chi connectivity index (χ1n) is 10.3. The Balaban J connectivity index is 1.45. The highest BCUT2D eigenvalue weighted by atomic mass is 16.5. The van der Waals surface area contributed by atoms with Gasteiger partial charge in [0.15, 0.2) is 5.76 Å². The zero-order valence-electron chi connectivity index (χ0n) is 17.8. The van der Waals surface area contributed by atoms with Crippen LogP contribution in [0.5, 0.6) is 0 Å². The van der Waals surface area contributed by atoms with E-state index in [1.165, 1.54) is 0 Å². The summed E-state index contributed by atoms with van der Waals surface area (Å²) in [6.07, 6.45) is 0. The van der Waals surface area contributed by atoms with Gasteiger partial charge >= 0.3 is 0 Å². The van der Waals surface area contributed by atoms with Gasteiger partial charge in [0.1, 0.15) is 5.69 Å². The summed E-state index contributed by atoms with van der Waals surface area (Å²) in [4.78, 5) is 12.8. The van der Waals surface area contributed by atoms with Gasteiger partial charge in [-0.2, -0.15) is 0 Å². The number of carbonyl (C=O) groups is 1. The maximum atomic E-state index is 12.8. The first kappa shape index (κ1) is 20.6. The van der Waals surface area contributed by atoms with Crippen molar-refractivity contribution in [1.29, 1.82) is 0 Å².